The molecule has 1 atom stereocenters. The number of rotatable bonds is 10. The van der Waals surface area contributed by atoms with E-state index in [9.17, 15) is 0 Å². The van der Waals surface area contributed by atoms with Crippen LogP contribution in [-0.2, 0) is 9.47 Å². The highest BCUT2D eigenvalue weighted by molar-refractivity contribution is 14.0. The van der Waals surface area contributed by atoms with Gasteiger partial charge in [0.25, 0.3) is 0 Å². The van der Waals surface area contributed by atoms with Crippen molar-refractivity contribution >= 4 is 29.9 Å². The molecule has 160 valence electrons. The summed E-state index contributed by atoms with van der Waals surface area (Å²) in [5.74, 6) is 1.66. The maximum Gasteiger partial charge on any atom is 0.193 e. The summed E-state index contributed by atoms with van der Waals surface area (Å²) >= 11 is 0. The van der Waals surface area contributed by atoms with E-state index in [0.717, 1.165) is 45.3 Å². The Morgan fingerprint density at radius 3 is 2.48 bits per heavy atom. The summed E-state index contributed by atoms with van der Waals surface area (Å²) in [5, 5.41) is 3.46. The first-order chi connectivity index (χ1) is 12.8. The molecule has 2 aliphatic heterocycles. The second-order valence-electron chi connectivity index (χ2n) is 7.18. The zero-order chi connectivity index (χ0) is 18.6. The molecule has 0 radical (unpaired) electrons. The number of piperazine rings is 1. The number of hydrogen-bond acceptors (Lipinski definition) is 5. The van der Waals surface area contributed by atoms with Crippen LogP contribution in [0.3, 0.4) is 0 Å². The molecule has 0 aliphatic carbocycles. The summed E-state index contributed by atoms with van der Waals surface area (Å²) in [6.45, 7) is 17.4. The van der Waals surface area contributed by atoms with Gasteiger partial charge >= 0.3 is 0 Å². The molecule has 0 spiro atoms. The summed E-state index contributed by atoms with van der Waals surface area (Å²) < 4.78 is 10.7. The summed E-state index contributed by atoms with van der Waals surface area (Å²) in [7, 11) is 1.71. The van der Waals surface area contributed by atoms with E-state index in [2.05, 4.69) is 33.9 Å². The Morgan fingerprint density at radius 1 is 1.07 bits per heavy atom. The van der Waals surface area contributed by atoms with Gasteiger partial charge in [-0.25, -0.2) is 0 Å². The third-order valence-electron chi connectivity index (χ3n) is 5.30. The van der Waals surface area contributed by atoms with Crippen LogP contribution in [0.15, 0.2) is 4.99 Å². The largest absolute Gasteiger partial charge is 0.382 e. The smallest absolute Gasteiger partial charge is 0.193 e. The third-order valence-corrected chi connectivity index (χ3v) is 5.30. The first-order valence-corrected chi connectivity index (χ1v) is 10.3. The minimum Gasteiger partial charge on any atom is -0.382 e. The zero-order valence-corrected chi connectivity index (χ0v) is 19.8. The molecule has 7 nitrogen and oxygen atoms in total. The van der Waals surface area contributed by atoms with E-state index < -0.39 is 0 Å². The first kappa shape index (κ1) is 24.9. The fraction of sp³-hybridized carbons (Fsp3) is 0.947. The summed E-state index contributed by atoms with van der Waals surface area (Å²) in [5.41, 5.74) is 0. The Labute approximate surface area is 182 Å². The van der Waals surface area contributed by atoms with E-state index in [1.54, 1.807) is 7.11 Å². The van der Waals surface area contributed by atoms with Gasteiger partial charge in [-0.3, -0.25) is 9.89 Å². The number of halogens is 1. The highest BCUT2D eigenvalue weighted by atomic mass is 127. The SMILES string of the molecule is CCNC(=NCCN1CCN(CC)CC1)N1CCC(COCCOC)C1.I. The Kier molecular flexibility index (Phi) is 13.6. The molecule has 1 N–H and O–H groups in total. The Balaban J connectivity index is 0.00000364. The van der Waals surface area contributed by atoms with Crippen LogP contribution in [0.4, 0.5) is 0 Å². The third kappa shape index (κ3) is 9.25. The average Bonchev–Trinajstić information content (AvgIpc) is 3.14. The van der Waals surface area contributed by atoms with Crippen LogP contribution in [0, 0.1) is 5.92 Å². The lowest BCUT2D eigenvalue weighted by molar-refractivity contribution is 0.0536. The Hall–Kier alpha value is -0.160. The van der Waals surface area contributed by atoms with Gasteiger partial charge in [-0.2, -0.15) is 0 Å². The first-order valence-electron chi connectivity index (χ1n) is 10.3. The molecule has 0 bridgehead atoms. The van der Waals surface area contributed by atoms with Crippen molar-refractivity contribution in [3.63, 3.8) is 0 Å². The van der Waals surface area contributed by atoms with Crippen molar-refractivity contribution in [2.75, 3.05) is 92.4 Å². The van der Waals surface area contributed by atoms with Gasteiger partial charge in [0.2, 0.25) is 0 Å². The molecule has 2 rings (SSSR count). The normalized spacial score (nSPS) is 22.1. The maximum absolute atomic E-state index is 5.70. The number of likely N-dealkylation sites (tertiary alicyclic amines) is 1. The van der Waals surface area contributed by atoms with Crippen LogP contribution in [0.1, 0.15) is 20.3 Å². The van der Waals surface area contributed by atoms with Gasteiger partial charge in [0.15, 0.2) is 5.96 Å². The number of likely N-dealkylation sites (N-methyl/N-ethyl adjacent to an activating group) is 1. The molecule has 1 unspecified atom stereocenters. The van der Waals surface area contributed by atoms with Gasteiger partial charge in [0.05, 0.1) is 26.4 Å². The van der Waals surface area contributed by atoms with E-state index in [0.29, 0.717) is 19.1 Å². The lowest BCUT2D eigenvalue weighted by atomic mass is 10.1. The number of nitrogens with one attached hydrogen (secondary N) is 1. The van der Waals surface area contributed by atoms with E-state index >= 15 is 0 Å². The van der Waals surface area contributed by atoms with Crippen molar-refractivity contribution in [2.45, 2.75) is 20.3 Å². The molecular formula is C19H40IN5O2. The van der Waals surface area contributed by atoms with Crippen molar-refractivity contribution in [2.24, 2.45) is 10.9 Å². The second-order valence-corrected chi connectivity index (χ2v) is 7.18. The lowest BCUT2D eigenvalue weighted by Crippen LogP contribution is -2.47. The summed E-state index contributed by atoms with van der Waals surface area (Å²) in [6, 6.07) is 0. The van der Waals surface area contributed by atoms with E-state index in [4.69, 9.17) is 14.5 Å². The van der Waals surface area contributed by atoms with E-state index in [1.165, 1.54) is 39.1 Å². The number of guanidine groups is 1. The fourth-order valence-corrected chi connectivity index (χ4v) is 3.61. The Morgan fingerprint density at radius 2 is 1.81 bits per heavy atom. The molecular weight excluding hydrogens is 457 g/mol. The highest BCUT2D eigenvalue weighted by Gasteiger charge is 2.25. The van der Waals surface area contributed by atoms with Crippen LogP contribution in [0.25, 0.3) is 0 Å². The topological polar surface area (TPSA) is 52.6 Å². The number of aliphatic imine (C=N–C) groups is 1. The highest BCUT2D eigenvalue weighted by Crippen LogP contribution is 2.16. The average molecular weight is 497 g/mol. The van der Waals surface area contributed by atoms with Crippen molar-refractivity contribution in [3.8, 4) is 0 Å². The van der Waals surface area contributed by atoms with E-state index in [-0.39, 0.29) is 24.0 Å². The minimum atomic E-state index is 0. The fourth-order valence-electron chi connectivity index (χ4n) is 3.61. The minimum absolute atomic E-state index is 0. The number of methoxy groups -OCH3 is 1. The maximum atomic E-state index is 5.70. The van der Waals surface area contributed by atoms with Crippen LogP contribution >= 0.6 is 24.0 Å². The van der Waals surface area contributed by atoms with E-state index in [1.807, 2.05) is 0 Å². The van der Waals surface area contributed by atoms with Crippen molar-refractivity contribution in [1.82, 2.24) is 20.0 Å². The van der Waals surface area contributed by atoms with Crippen LogP contribution in [0.5, 0.6) is 0 Å². The number of hydrogen-bond donors (Lipinski definition) is 1. The van der Waals surface area contributed by atoms with Crippen molar-refractivity contribution < 1.29 is 9.47 Å². The molecule has 27 heavy (non-hydrogen) atoms. The summed E-state index contributed by atoms with van der Waals surface area (Å²) in [6.07, 6.45) is 1.18. The van der Waals surface area contributed by atoms with Gasteiger partial charge in [0, 0.05) is 65.4 Å². The molecule has 0 amide bonds. The molecule has 2 fully saturated rings. The van der Waals surface area contributed by atoms with Crippen molar-refractivity contribution in [3.05, 3.63) is 0 Å². The molecule has 0 saturated carbocycles. The summed E-state index contributed by atoms with van der Waals surface area (Å²) in [4.78, 5) is 12.3. The zero-order valence-electron chi connectivity index (χ0n) is 17.5. The number of nitrogens with zero attached hydrogens (tertiary/aromatic N) is 4. The van der Waals surface area contributed by atoms with Crippen LogP contribution < -0.4 is 5.32 Å². The Bertz CT molecular complexity index is 406. The van der Waals surface area contributed by atoms with Gasteiger partial charge in [-0.1, -0.05) is 6.92 Å². The monoisotopic (exact) mass is 497 g/mol. The van der Waals surface area contributed by atoms with Crippen molar-refractivity contribution in [1.29, 1.82) is 0 Å². The lowest BCUT2D eigenvalue weighted by Gasteiger charge is -2.33. The molecule has 2 aliphatic rings. The van der Waals surface area contributed by atoms with Gasteiger partial charge in [-0.05, 0) is 19.9 Å². The standard InChI is InChI=1S/C19H39N5O2.HI/c1-4-20-19(21-7-9-23-12-10-22(5-2)11-13-23)24-8-6-18(16-24)17-26-15-14-25-3;/h18H,4-17H2,1-3H3,(H,20,21);1H. The molecule has 0 aromatic carbocycles. The number of ether oxygens (including phenoxy) is 2. The molecule has 2 saturated heterocycles. The van der Waals surface area contributed by atoms with Gasteiger partial charge in [-0.15, -0.1) is 24.0 Å². The quantitative estimate of drug-likeness (QED) is 0.212. The predicted molar refractivity (Wildman–Crippen MR) is 122 cm³/mol. The molecule has 0 aromatic heterocycles. The molecule has 2 heterocycles. The van der Waals surface area contributed by atoms with Gasteiger partial charge in [0.1, 0.15) is 0 Å². The van der Waals surface area contributed by atoms with Crippen LogP contribution in [0.2, 0.25) is 0 Å². The van der Waals surface area contributed by atoms with Crippen LogP contribution in [-0.4, -0.2) is 113 Å². The molecule has 8 heteroatoms. The second kappa shape index (κ2) is 14.8. The molecule has 0 aromatic rings. The van der Waals surface area contributed by atoms with Gasteiger partial charge < -0.3 is 24.6 Å². The predicted octanol–water partition coefficient (Wildman–Crippen LogP) is 1.19.